The minimum absolute atomic E-state index is 0.0160. The predicted molar refractivity (Wildman–Crippen MR) is 177 cm³/mol. The normalized spacial score (nSPS) is 16.5. The second-order valence-corrected chi connectivity index (χ2v) is 11.8. The molecule has 1 aliphatic rings. The van der Waals surface area contributed by atoms with Gasteiger partial charge in [-0.25, -0.2) is 19.7 Å². The van der Waals surface area contributed by atoms with Gasteiger partial charge in [-0.05, 0) is 69.0 Å². The molecule has 2 aromatic carbocycles. The molecule has 6 aromatic rings. The summed E-state index contributed by atoms with van der Waals surface area (Å²) in [5.74, 6) is 0.517. The number of nitrogens with zero attached hydrogens (tertiary/aromatic N) is 6. The maximum atomic E-state index is 13.1. The number of hydrogen-bond acceptors (Lipinski definition) is 8. The molecule has 0 radical (unpaired) electrons. The number of ether oxygens (including phenoxy) is 1. The molecule has 4 aromatic heterocycles. The molecule has 1 fully saturated rings. The molecule has 1 saturated heterocycles. The van der Waals surface area contributed by atoms with Crippen LogP contribution in [0.3, 0.4) is 0 Å². The number of piperidine rings is 1. The van der Waals surface area contributed by atoms with Crippen molar-refractivity contribution in [1.82, 2.24) is 29.6 Å². The summed E-state index contributed by atoms with van der Waals surface area (Å²) in [6, 6.07) is 24.0. The number of para-hydroxylation sites is 1. The Kier molecular flexibility index (Phi) is 7.92. The quantitative estimate of drug-likeness (QED) is 0.199. The van der Waals surface area contributed by atoms with Crippen LogP contribution in [0.2, 0.25) is 0 Å². The second-order valence-electron chi connectivity index (χ2n) is 11.8. The Morgan fingerprint density at radius 2 is 1.76 bits per heavy atom. The van der Waals surface area contributed by atoms with Crippen molar-refractivity contribution in [3.63, 3.8) is 0 Å². The Morgan fingerprint density at radius 3 is 2.52 bits per heavy atom. The van der Waals surface area contributed by atoms with E-state index in [9.17, 15) is 4.79 Å². The molecule has 10 nitrogen and oxygen atoms in total. The summed E-state index contributed by atoms with van der Waals surface area (Å²) >= 11 is 0. The summed E-state index contributed by atoms with van der Waals surface area (Å²) < 4.78 is 12.9. The molecule has 0 unspecified atom stereocenters. The Bertz CT molecular complexity index is 1990. The molecule has 1 aliphatic heterocycles. The van der Waals surface area contributed by atoms with Gasteiger partial charge in [0.15, 0.2) is 0 Å². The van der Waals surface area contributed by atoms with Crippen molar-refractivity contribution in [3.8, 4) is 28.2 Å². The molecule has 1 amide bonds. The third-order valence-corrected chi connectivity index (χ3v) is 8.59. The number of amides is 1. The number of carbonyl (C=O) groups is 1. The lowest BCUT2D eigenvalue weighted by molar-refractivity contribution is 0.0695. The topological polar surface area (TPSA) is 111 Å². The van der Waals surface area contributed by atoms with Crippen LogP contribution in [0.25, 0.3) is 39.2 Å². The van der Waals surface area contributed by atoms with E-state index in [1.807, 2.05) is 74.6 Å². The molecule has 232 valence electrons. The minimum atomic E-state index is -0.310. The van der Waals surface area contributed by atoms with E-state index in [-0.39, 0.29) is 24.8 Å². The largest absolute Gasteiger partial charge is 0.445 e. The highest BCUT2D eigenvalue weighted by molar-refractivity contribution is 5.96. The predicted octanol–water partition coefficient (Wildman–Crippen LogP) is 7.36. The van der Waals surface area contributed by atoms with Crippen molar-refractivity contribution in [1.29, 1.82) is 0 Å². The first-order chi connectivity index (χ1) is 22.4. The first kappa shape index (κ1) is 29.2. The van der Waals surface area contributed by atoms with Crippen molar-refractivity contribution in [2.75, 3.05) is 11.9 Å². The molecule has 1 N–H and O–H groups in total. The third kappa shape index (κ3) is 5.81. The second kappa shape index (κ2) is 12.5. The van der Waals surface area contributed by atoms with Crippen LogP contribution < -0.4 is 5.32 Å². The van der Waals surface area contributed by atoms with Crippen molar-refractivity contribution in [2.45, 2.75) is 52.3 Å². The number of aryl methyl sites for hydroxylation is 2. The van der Waals surface area contributed by atoms with E-state index in [0.29, 0.717) is 12.5 Å². The van der Waals surface area contributed by atoms with Crippen molar-refractivity contribution in [2.24, 2.45) is 0 Å². The van der Waals surface area contributed by atoms with Gasteiger partial charge in [-0.1, -0.05) is 53.7 Å². The van der Waals surface area contributed by atoms with Gasteiger partial charge in [-0.3, -0.25) is 0 Å². The monoisotopic (exact) mass is 613 g/mol. The van der Waals surface area contributed by atoms with Crippen LogP contribution >= 0.6 is 0 Å². The van der Waals surface area contributed by atoms with Crippen LogP contribution in [0.4, 0.5) is 10.7 Å². The fraction of sp³-hybridized carbons (Fsp3) is 0.250. The zero-order valence-electron chi connectivity index (χ0n) is 26.1. The van der Waals surface area contributed by atoms with Crippen molar-refractivity contribution in [3.05, 3.63) is 108 Å². The molecule has 10 heteroatoms. The Balaban J connectivity index is 1.17. The minimum Gasteiger partial charge on any atom is -0.445 e. The van der Waals surface area contributed by atoms with Gasteiger partial charge in [0.1, 0.15) is 18.5 Å². The molecule has 46 heavy (non-hydrogen) atoms. The number of pyridine rings is 1. The first-order valence-electron chi connectivity index (χ1n) is 15.5. The van der Waals surface area contributed by atoms with Crippen molar-refractivity contribution >= 4 is 23.1 Å². The first-order valence-corrected chi connectivity index (χ1v) is 15.5. The smallest absolute Gasteiger partial charge is 0.410 e. The number of anilines is 1. The van der Waals surface area contributed by atoms with Gasteiger partial charge < -0.3 is 24.0 Å². The molecule has 2 atom stereocenters. The molecule has 7 rings (SSSR count). The highest BCUT2D eigenvalue weighted by Crippen LogP contribution is 2.35. The molecule has 0 aliphatic carbocycles. The summed E-state index contributed by atoms with van der Waals surface area (Å²) in [5.41, 5.74) is 7.89. The molecular formula is C36H35N7O3. The van der Waals surface area contributed by atoms with Gasteiger partial charge >= 0.3 is 6.09 Å². The van der Waals surface area contributed by atoms with Crippen LogP contribution in [-0.2, 0) is 11.3 Å². The van der Waals surface area contributed by atoms with Gasteiger partial charge in [-0.2, -0.15) is 0 Å². The van der Waals surface area contributed by atoms with Crippen LogP contribution in [0.5, 0.6) is 0 Å². The lowest BCUT2D eigenvalue weighted by atomic mass is 10.00. The van der Waals surface area contributed by atoms with Crippen LogP contribution in [0.15, 0.2) is 96.0 Å². The Labute approximate surface area is 267 Å². The number of carbonyl (C=O) groups excluding carboxylic acids is 1. The van der Waals surface area contributed by atoms with Gasteiger partial charge in [0.05, 0.1) is 22.6 Å². The van der Waals surface area contributed by atoms with E-state index in [1.165, 1.54) is 0 Å². The highest BCUT2D eigenvalue weighted by Gasteiger charge is 2.30. The molecular weight excluding hydrogens is 578 g/mol. The fourth-order valence-electron chi connectivity index (χ4n) is 6.01. The lowest BCUT2D eigenvalue weighted by Crippen LogP contribution is -2.50. The Hall–Kier alpha value is -5.51. The zero-order valence-corrected chi connectivity index (χ0v) is 26.1. The number of fused-ring (bicyclic) bond motifs is 1. The maximum absolute atomic E-state index is 13.1. The zero-order chi connectivity index (χ0) is 31.6. The van der Waals surface area contributed by atoms with E-state index in [4.69, 9.17) is 19.2 Å². The number of likely N-dealkylation sites (tertiary alicyclic amines) is 1. The van der Waals surface area contributed by atoms with E-state index in [1.54, 1.807) is 11.2 Å². The molecule has 0 bridgehead atoms. The number of benzene rings is 2. The Morgan fingerprint density at radius 1 is 0.978 bits per heavy atom. The van der Waals surface area contributed by atoms with Gasteiger partial charge in [0.25, 0.3) is 0 Å². The summed E-state index contributed by atoms with van der Waals surface area (Å²) in [6.45, 7) is 6.73. The average molecular weight is 614 g/mol. The van der Waals surface area contributed by atoms with Crippen molar-refractivity contribution < 1.29 is 14.1 Å². The highest BCUT2D eigenvalue weighted by atomic mass is 16.6. The van der Waals surface area contributed by atoms with Gasteiger partial charge in [0, 0.05) is 47.7 Å². The van der Waals surface area contributed by atoms with Crippen LogP contribution in [0, 0.1) is 13.8 Å². The van der Waals surface area contributed by atoms with E-state index in [2.05, 4.69) is 51.3 Å². The number of aromatic nitrogens is 5. The summed E-state index contributed by atoms with van der Waals surface area (Å²) in [6.07, 6.45) is 6.98. The summed E-state index contributed by atoms with van der Waals surface area (Å²) in [7, 11) is 0. The van der Waals surface area contributed by atoms with E-state index < -0.39 is 0 Å². The number of nitrogens with one attached hydrogen (secondary N) is 1. The SMILES string of the molecule is Cc1cnc(N[C@H]2CC[C@H](C)N(C(=O)OCc3ccccc3)C2)nc1-c1cn(-c2ccccc2)c2nc(-c3conc3C)ccc12. The van der Waals surface area contributed by atoms with Gasteiger partial charge in [-0.15, -0.1) is 0 Å². The molecule has 5 heterocycles. The molecule has 0 saturated carbocycles. The summed E-state index contributed by atoms with van der Waals surface area (Å²) in [4.78, 5) is 29.6. The van der Waals surface area contributed by atoms with Crippen LogP contribution in [0.1, 0.15) is 36.6 Å². The number of rotatable bonds is 7. The number of hydrogen-bond donors (Lipinski definition) is 1. The van der Waals surface area contributed by atoms with E-state index >= 15 is 0 Å². The van der Waals surface area contributed by atoms with Gasteiger partial charge in [0.2, 0.25) is 5.95 Å². The van der Waals surface area contributed by atoms with E-state index in [0.717, 1.165) is 68.9 Å². The maximum Gasteiger partial charge on any atom is 0.410 e. The third-order valence-electron chi connectivity index (χ3n) is 8.59. The lowest BCUT2D eigenvalue weighted by Gasteiger charge is -2.37. The van der Waals surface area contributed by atoms with Crippen LogP contribution in [-0.4, -0.2) is 54.3 Å². The molecule has 0 spiro atoms. The summed E-state index contributed by atoms with van der Waals surface area (Å²) in [5, 5.41) is 8.51. The standard InChI is InChI=1S/C36H35N7O3/c1-23-18-37-35(38-27-15-14-24(2)42(19-27)36(44)45-21-26-10-6-4-7-11-26)40-33(23)30-20-43(28-12-8-5-9-13-28)34-29(30)16-17-32(39-34)31-22-46-41-25(31)3/h4-13,16-18,20,22,24,27H,14-15,19,21H2,1-3H3,(H,37,38,40)/t24-,27-/m0/s1. The fourth-order valence-corrected chi connectivity index (χ4v) is 6.01. The average Bonchev–Trinajstić information content (AvgIpc) is 3.69.